The lowest BCUT2D eigenvalue weighted by molar-refractivity contribution is 0.0358. The number of hydrazine groups is 1. The van der Waals surface area contributed by atoms with Gasteiger partial charge in [-0.25, -0.2) is 5.01 Å². The molecule has 0 unspecified atom stereocenters. The zero-order chi connectivity index (χ0) is 19.5. The van der Waals surface area contributed by atoms with E-state index in [4.69, 9.17) is 27.9 Å². The molecule has 2 amide bonds. The Kier molecular flexibility index (Phi) is 6.16. The minimum absolute atomic E-state index is 0.285. The first-order valence-electron chi connectivity index (χ1n) is 7.87. The number of ether oxygens (including phenoxy) is 1. The number of hydrogen-bond acceptors (Lipinski definition) is 3. The van der Waals surface area contributed by atoms with Crippen LogP contribution in [0.2, 0.25) is 10.0 Å². The molecule has 0 fully saturated rings. The van der Waals surface area contributed by atoms with Crippen molar-refractivity contribution in [3.8, 4) is 5.75 Å². The molecule has 1 N–H and O–H groups in total. The second kappa shape index (κ2) is 7.98. The minimum atomic E-state index is -0.673. The number of benzene rings is 2. The van der Waals surface area contributed by atoms with Crippen molar-refractivity contribution in [1.82, 2.24) is 10.4 Å². The number of methoxy groups -OCH3 is 1. The first-order chi connectivity index (χ1) is 12.1. The number of amides is 2. The summed E-state index contributed by atoms with van der Waals surface area (Å²) in [4.78, 5) is 25.5. The molecule has 7 heteroatoms. The molecule has 0 heterocycles. The summed E-state index contributed by atoms with van der Waals surface area (Å²) in [6.45, 7) is 5.43. The second-order valence-corrected chi connectivity index (χ2v) is 7.51. The van der Waals surface area contributed by atoms with Gasteiger partial charge in [0.05, 0.1) is 12.6 Å². The van der Waals surface area contributed by atoms with E-state index in [1.807, 2.05) is 20.8 Å². The Labute approximate surface area is 162 Å². The first kappa shape index (κ1) is 20.1. The average Bonchev–Trinajstić information content (AvgIpc) is 2.57. The van der Waals surface area contributed by atoms with Gasteiger partial charge in [-0.2, -0.15) is 0 Å². The van der Waals surface area contributed by atoms with Crippen molar-refractivity contribution >= 4 is 35.0 Å². The van der Waals surface area contributed by atoms with Crippen molar-refractivity contribution in [2.75, 3.05) is 7.11 Å². The fourth-order valence-corrected chi connectivity index (χ4v) is 2.76. The van der Waals surface area contributed by atoms with Crippen LogP contribution in [0.25, 0.3) is 0 Å². The Morgan fingerprint density at radius 3 is 1.96 bits per heavy atom. The smallest absolute Gasteiger partial charge is 0.272 e. The van der Waals surface area contributed by atoms with E-state index in [9.17, 15) is 9.59 Å². The Morgan fingerprint density at radius 2 is 1.50 bits per heavy atom. The average molecular weight is 395 g/mol. The minimum Gasteiger partial charge on any atom is -0.497 e. The summed E-state index contributed by atoms with van der Waals surface area (Å²) < 4.78 is 5.08. The van der Waals surface area contributed by atoms with Crippen molar-refractivity contribution in [2.45, 2.75) is 26.3 Å². The van der Waals surface area contributed by atoms with Gasteiger partial charge in [0, 0.05) is 21.2 Å². The molecule has 0 aromatic heterocycles. The van der Waals surface area contributed by atoms with Crippen LogP contribution >= 0.6 is 23.2 Å². The number of carbonyl (C=O) groups excluding carboxylic acids is 2. The highest BCUT2D eigenvalue weighted by molar-refractivity contribution is 6.35. The number of hydrogen-bond donors (Lipinski definition) is 1. The van der Waals surface area contributed by atoms with E-state index in [1.54, 1.807) is 31.4 Å². The lowest BCUT2D eigenvalue weighted by atomic mass is 10.1. The van der Waals surface area contributed by atoms with Gasteiger partial charge in [-0.05, 0) is 63.2 Å². The highest BCUT2D eigenvalue weighted by atomic mass is 35.5. The van der Waals surface area contributed by atoms with Gasteiger partial charge in [-0.3, -0.25) is 15.0 Å². The van der Waals surface area contributed by atoms with Gasteiger partial charge in [-0.1, -0.05) is 23.2 Å². The molecule has 0 radical (unpaired) electrons. The molecule has 138 valence electrons. The van der Waals surface area contributed by atoms with E-state index < -0.39 is 17.4 Å². The summed E-state index contributed by atoms with van der Waals surface area (Å²) >= 11 is 12.0. The molecule has 0 atom stereocenters. The zero-order valence-corrected chi connectivity index (χ0v) is 16.5. The Morgan fingerprint density at radius 1 is 0.962 bits per heavy atom. The fourth-order valence-electron chi connectivity index (χ4n) is 2.24. The third kappa shape index (κ3) is 4.90. The largest absolute Gasteiger partial charge is 0.497 e. The summed E-state index contributed by atoms with van der Waals surface area (Å²) in [5.74, 6) is -0.188. The van der Waals surface area contributed by atoms with Gasteiger partial charge in [-0.15, -0.1) is 0 Å². The van der Waals surface area contributed by atoms with Crippen molar-refractivity contribution in [3.05, 3.63) is 63.6 Å². The lowest BCUT2D eigenvalue weighted by Crippen LogP contribution is -2.55. The summed E-state index contributed by atoms with van der Waals surface area (Å²) in [5, 5.41) is 1.95. The molecule has 0 saturated carbocycles. The van der Waals surface area contributed by atoms with E-state index in [0.717, 1.165) is 0 Å². The number of halogens is 2. The summed E-state index contributed by atoms with van der Waals surface area (Å²) in [6.07, 6.45) is 0. The maximum Gasteiger partial charge on any atom is 0.272 e. The molecule has 0 bridgehead atoms. The van der Waals surface area contributed by atoms with Gasteiger partial charge in [0.2, 0.25) is 0 Å². The van der Waals surface area contributed by atoms with Crippen molar-refractivity contribution < 1.29 is 14.3 Å². The van der Waals surface area contributed by atoms with Gasteiger partial charge < -0.3 is 4.74 Å². The molecule has 0 aliphatic heterocycles. The summed E-state index contributed by atoms with van der Waals surface area (Å²) in [5.41, 5.74) is 2.68. The van der Waals surface area contributed by atoms with Crippen LogP contribution in [0.15, 0.2) is 42.5 Å². The molecule has 0 saturated heterocycles. The van der Waals surface area contributed by atoms with Crippen LogP contribution in [-0.2, 0) is 0 Å². The lowest BCUT2D eigenvalue weighted by Gasteiger charge is -2.35. The van der Waals surface area contributed by atoms with E-state index >= 15 is 0 Å². The predicted molar refractivity (Wildman–Crippen MR) is 103 cm³/mol. The molecule has 5 nitrogen and oxygen atoms in total. The molecule has 2 rings (SSSR count). The first-order valence-corrected chi connectivity index (χ1v) is 8.63. The van der Waals surface area contributed by atoms with Crippen LogP contribution in [0.4, 0.5) is 0 Å². The maximum atomic E-state index is 12.9. The second-order valence-electron chi connectivity index (χ2n) is 6.64. The van der Waals surface area contributed by atoms with Crippen LogP contribution in [-0.4, -0.2) is 29.5 Å². The van der Waals surface area contributed by atoms with Crippen molar-refractivity contribution in [3.63, 3.8) is 0 Å². The van der Waals surface area contributed by atoms with Gasteiger partial charge in [0.25, 0.3) is 11.8 Å². The van der Waals surface area contributed by atoms with Crippen molar-refractivity contribution in [2.24, 2.45) is 0 Å². The van der Waals surface area contributed by atoms with Gasteiger partial charge >= 0.3 is 0 Å². The van der Waals surface area contributed by atoms with Gasteiger partial charge in [0.1, 0.15) is 5.75 Å². The molecular weight excluding hydrogens is 375 g/mol. The number of nitrogens with one attached hydrogen (secondary N) is 1. The molecule has 0 aliphatic rings. The van der Waals surface area contributed by atoms with Crippen LogP contribution in [0.3, 0.4) is 0 Å². The van der Waals surface area contributed by atoms with Gasteiger partial charge in [0.15, 0.2) is 0 Å². The van der Waals surface area contributed by atoms with E-state index in [2.05, 4.69) is 5.43 Å². The maximum absolute atomic E-state index is 12.9. The Balaban J connectivity index is 2.29. The molecule has 26 heavy (non-hydrogen) atoms. The molecule has 2 aromatic carbocycles. The van der Waals surface area contributed by atoms with Crippen LogP contribution in [0, 0.1) is 0 Å². The van der Waals surface area contributed by atoms with Crippen LogP contribution in [0.1, 0.15) is 41.5 Å². The normalized spacial score (nSPS) is 11.0. The zero-order valence-electron chi connectivity index (χ0n) is 15.0. The standard InChI is InChI=1S/C19H20Cl2N2O3/c1-19(2,3)23(18(25)13-9-14(20)11-15(21)10-13)22-17(24)12-5-7-16(26-4)8-6-12/h5-11H,1-4H3,(H,22,24). The van der Waals surface area contributed by atoms with E-state index in [-0.39, 0.29) is 5.56 Å². The quantitative estimate of drug-likeness (QED) is 0.774. The molecule has 0 spiro atoms. The third-order valence-electron chi connectivity index (χ3n) is 3.55. The van der Waals surface area contributed by atoms with Crippen LogP contribution < -0.4 is 10.2 Å². The Hall–Kier alpha value is -2.24. The highest BCUT2D eigenvalue weighted by Crippen LogP contribution is 2.22. The molecular formula is C19H20Cl2N2O3. The van der Waals surface area contributed by atoms with E-state index in [1.165, 1.54) is 23.2 Å². The molecule has 2 aromatic rings. The SMILES string of the molecule is COc1ccc(C(=O)NN(C(=O)c2cc(Cl)cc(Cl)c2)C(C)(C)C)cc1. The summed E-state index contributed by atoms with van der Waals surface area (Å²) in [7, 11) is 1.55. The number of nitrogens with zero attached hydrogens (tertiary/aromatic N) is 1. The highest BCUT2D eigenvalue weighted by Gasteiger charge is 2.30. The number of rotatable bonds is 3. The fraction of sp³-hybridized carbons (Fsp3) is 0.263. The monoisotopic (exact) mass is 394 g/mol. The van der Waals surface area contributed by atoms with E-state index in [0.29, 0.717) is 21.4 Å². The Bertz CT molecular complexity index is 794. The molecule has 0 aliphatic carbocycles. The van der Waals surface area contributed by atoms with Crippen LogP contribution in [0.5, 0.6) is 5.75 Å². The topological polar surface area (TPSA) is 58.6 Å². The summed E-state index contributed by atoms with van der Waals surface area (Å²) in [6, 6.07) is 11.1. The predicted octanol–water partition coefficient (Wildman–Crippen LogP) is 4.59. The van der Waals surface area contributed by atoms with Crippen molar-refractivity contribution in [1.29, 1.82) is 0 Å². The number of carbonyl (C=O) groups is 2. The third-order valence-corrected chi connectivity index (χ3v) is 3.99.